The highest BCUT2D eigenvalue weighted by Gasteiger charge is 2.09. The minimum Gasteiger partial charge on any atom is -0.497 e. The van der Waals surface area contributed by atoms with Crippen molar-refractivity contribution in [3.63, 3.8) is 0 Å². The van der Waals surface area contributed by atoms with Gasteiger partial charge in [0.25, 0.3) is 0 Å². The molecular formula is C16H26FNO. The van der Waals surface area contributed by atoms with E-state index in [0.717, 1.165) is 44.2 Å². The molecule has 108 valence electrons. The van der Waals surface area contributed by atoms with Crippen molar-refractivity contribution >= 4 is 0 Å². The summed E-state index contributed by atoms with van der Waals surface area (Å²) in [7, 11) is 1.56. The van der Waals surface area contributed by atoms with Gasteiger partial charge in [-0.25, -0.2) is 4.39 Å². The van der Waals surface area contributed by atoms with E-state index in [-0.39, 0.29) is 5.82 Å². The molecule has 1 rings (SSSR count). The molecule has 0 saturated carbocycles. The Hall–Kier alpha value is -1.09. The average Bonchev–Trinajstić information content (AvgIpc) is 2.42. The number of hydrogen-bond donors (Lipinski definition) is 1. The predicted molar refractivity (Wildman–Crippen MR) is 78.3 cm³/mol. The summed E-state index contributed by atoms with van der Waals surface area (Å²) in [6.45, 7) is 5.39. The van der Waals surface area contributed by atoms with Gasteiger partial charge in [-0.3, -0.25) is 0 Å². The second-order valence-electron chi connectivity index (χ2n) is 4.94. The lowest BCUT2D eigenvalue weighted by Crippen LogP contribution is -2.30. The number of rotatable bonds is 9. The summed E-state index contributed by atoms with van der Waals surface area (Å²) >= 11 is 0. The SMILES string of the molecule is CCCNC(CCC)CCc1ccc(OC)cc1F. The van der Waals surface area contributed by atoms with Gasteiger partial charge in [0.05, 0.1) is 7.11 Å². The molecule has 3 heteroatoms. The van der Waals surface area contributed by atoms with Gasteiger partial charge in [0.2, 0.25) is 0 Å². The van der Waals surface area contributed by atoms with Crippen LogP contribution in [-0.4, -0.2) is 19.7 Å². The molecule has 0 aliphatic heterocycles. The Morgan fingerprint density at radius 2 is 2.00 bits per heavy atom. The van der Waals surface area contributed by atoms with Gasteiger partial charge >= 0.3 is 0 Å². The molecule has 1 unspecified atom stereocenters. The number of benzene rings is 1. The van der Waals surface area contributed by atoms with Gasteiger partial charge in [0, 0.05) is 12.1 Å². The van der Waals surface area contributed by atoms with Crippen LogP contribution < -0.4 is 10.1 Å². The number of halogens is 1. The minimum atomic E-state index is -0.162. The summed E-state index contributed by atoms with van der Waals surface area (Å²) in [4.78, 5) is 0. The van der Waals surface area contributed by atoms with E-state index in [1.54, 1.807) is 7.11 Å². The highest BCUT2D eigenvalue weighted by molar-refractivity contribution is 5.29. The quantitative estimate of drug-likeness (QED) is 0.732. The van der Waals surface area contributed by atoms with E-state index in [1.807, 2.05) is 12.1 Å². The van der Waals surface area contributed by atoms with Crippen molar-refractivity contribution in [2.45, 2.75) is 52.0 Å². The third kappa shape index (κ3) is 5.60. The topological polar surface area (TPSA) is 21.3 Å². The van der Waals surface area contributed by atoms with Crippen LogP contribution in [-0.2, 0) is 6.42 Å². The van der Waals surface area contributed by atoms with Crippen LogP contribution in [0.5, 0.6) is 5.75 Å². The molecule has 0 amide bonds. The van der Waals surface area contributed by atoms with Crippen LogP contribution in [0.1, 0.15) is 45.1 Å². The normalized spacial score (nSPS) is 12.4. The summed E-state index contributed by atoms with van der Waals surface area (Å²) in [5, 5.41) is 3.54. The van der Waals surface area contributed by atoms with E-state index < -0.39 is 0 Å². The second-order valence-corrected chi connectivity index (χ2v) is 4.94. The molecule has 0 radical (unpaired) electrons. The van der Waals surface area contributed by atoms with Crippen molar-refractivity contribution in [1.29, 1.82) is 0 Å². The summed E-state index contributed by atoms with van der Waals surface area (Å²) in [6.07, 6.45) is 5.20. The Kier molecular flexibility index (Phi) is 7.49. The van der Waals surface area contributed by atoms with Crippen molar-refractivity contribution < 1.29 is 9.13 Å². The van der Waals surface area contributed by atoms with Crippen molar-refractivity contribution in [1.82, 2.24) is 5.32 Å². The van der Waals surface area contributed by atoms with Crippen LogP contribution in [0.4, 0.5) is 4.39 Å². The van der Waals surface area contributed by atoms with Crippen LogP contribution in [0.25, 0.3) is 0 Å². The van der Waals surface area contributed by atoms with E-state index in [9.17, 15) is 4.39 Å². The molecule has 0 aliphatic carbocycles. The van der Waals surface area contributed by atoms with Crippen molar-refractivity contribution in [2.75, 3.05) is 13.7 Å². The molecule has 1 N–H and O–H groups in total. The molecule has 2 nitrogen and oxygen atoms in total. The van der Waals surface area contributed by atoms with Crippen molar-refractivity contribution in [3.8, 4) is 5.75 Å². The fraction of sp³-hybridized carbons (Fsp3) is 0.625. The fourth-order valence-electron chi connectivity index (χ4n) is 2.23. The first-order valence-electron chi connectivity index (χ1n) is 7.27. The molecule has 0 fully saturated rings. The van der Waals surface area contributed by atoms with Gasteiger partial charge < -0.3 is 10.1 Å². The number of nitrogens with one attached hydrogen (secondary N) is 1. The van der Waals surface area contributed by atoms with Gasteiger partial charge in [-0.15, -0.1) is 0 Å². The van der Waals surface area contributed by atoms with Gasteiger partial charge in [-0.05, 0) is 43.9 Å². The molecule has 0 heterocycles. The smallest absolute Gasteiger partial charge is 0.130 e. The molecule has 0 bridgehead atoms. The zero-order chi connectivity index (χ0) is 14.1. The summed E-state index contributed by atoms with van der Waals surface area (Å²) in [6, 6.07) is 5.61. The van der Waals surface area contributed by atoms with Crippen LogP contribution in [0.15, 0.2) is 18.2 Å². The van der Waals surface area contributed by atoms with Crippen LogP contribution in [0.3, 0.4) is 0 Å². The number of methoxy groups -OCH3 is 1. The third-order valence-corrected chi connectivity index (χ3v) is 3.34. The predicted octanol–water partition coefficient (Wildman–Crippen LogP) is 3.94. The van der Waals surface area contributed by atoms with E-state index in [0.29, 0.717) is 11.8 Å². The second kappa shape index (κ2) is 8.92. The van der Waals surface area contributed by atoms with Gasteiger partial charge in [-0.1, -0.05) is 26.3 Å². The third-order valence-electron chi connectivity index (χ3n) is 3.34. The first-order valence-corrected chi connectivity index (χ1v) is 7.27. The van der Waals surface area contributed by atoms with Crippen molar-refractivity contribution in [3.05, 3.63) is 29.6 Å². The molecule has 19 heavy (non-hydrogen) atoms. The maximum atomic E-state index is 13.8. The number of hydrogen-bond acceptors (Lipinski definition) is 2. The van der Waals surface area contributed by atoms with Crippen LogP contribution in [0.2, 0.25) is 0 Å². The van der Waals surface area contributed by atoms with Gasteiger partial charge in [-0.2, -0.15) is 0 Å². The molecule has 1 aromatic rings. The highest BCUT2D eigenvalue weighted by atomic mass is 19.1. The highest BCUT2D eigenvalue weighted by Crippen LogP contribution is 2.18. The maximum Gasteiger partial charge on any atom is 0.130 e. The van der Waals surface area contributed by atoms with E-state index >= 15 is 0 Å². The zero-order valence-electron chi connectivity index (χ0n) is 12.3. The Labute approximate surface area is 116 Å². The Balaban J connectivity index is 2.53. The molecule has 0 spiro atoms. The average molecular weight is 267 g/mol. The fourth-order valence-corrected chi connectivity index (χ4v) is 2.23. The summed E-state index contributed by atoms with van der Waals surface area (Å²) in [5.41, 5.74) is 0.778. The number of aryl methyl sites for hydroxylation is 1. The monoisotopic (exact) mass is 267 g/mol. The molecule has 0 aliphatic rings. The lowest BCUT2D eigenvalue weighted by molar-refractivity contribution is 0.409. The Morgan fingerprint density at radius 1 is 1.21 bits per heavy atom. The van der Waals surface area contributed by atoms with Crippen LogP contribution in [0, 0.1) is 5.82 Å². The lowest BCUT2D eigenvalue weighted by atomic mass is 10.0. The maximum absolute atomic E-state index is 13.8. The van der Waals surface area contributed by atoms with E-state index in [2.05, 4.69) is 19.2 Å². The standard InChI is InChI=1S/C16H26FNO/c1-4-6-14(18-11-5-2)9-7-13-8-10-15(19-3)12-16(13)17/h8,10,12,14,18H,4-7,9,11H2,1-3H3. The largest absolute Gasteiger partial charge is 0.497 e. The molecule has 1 aromatic carbocycles. The summed E-state index contributed by atoms with van der Waals surface area (Å²) in [5.74, 6) is 0.417. The van der Waals surface area contributed by atoms with E-state index in [1.165, 1.54) is 6.07 Å². The number of ether oxygens (including phenoxy) is 1. The van der Waals surface area contributed by atoms with Crippen molar-refractivity contribution in [2.24, 2.45) is 0 Å². The first kappa shape index (κ1) is 16.0. The molecule has 0 aromatic heterocycles. The zero-order valence-corrected chi connectivity index (χ0v) is 12.3. The molecule has 1 atom stereocenters. The van der Waals surface area contributed by atoms with Gasteiger partial charge in [0.1, 0.15) is 11.6 Å². The molecule has 0 saturated heterocycles. The Morgan fingerprint density at radius 3 is 2.58 bits per heavy atom. The summed E-state index contributed by atoms with van der Waals surface area (Å²) < 4.78 is 18.8. The Bertz CT molecular complexity index is 368. The molecular weight excluding hydrogens is 241 g/mol. The van der Waals surface area contributed by atoms with Crippen LogP contribution >= 0.6 is 0 Å². The lowest BCUT2D eigenvalue weighted by Gasteiger charge is -2.18. The first-order chi connectivity index (χ1) is 9.21. The van der Waals surface area contributed by atoms with Gasteiger partial charge in [0.15, 0.2) is 0 Å². The van der Waals surface area contributed by atoms with E-state index in [4.69, 9.17) is 4.74 Å². The minimum absolute atomic E-state index is 0.162.